The van der Waals surface area contributed by atoms with Gasteiger partial charge in [-0.25, -0.2) is 4.79 Å². The number of hydrogen-bond acceptors (Lipinski definition) is 4. The van der Waals surface area contributed by atoms with Crippen LogP contribution >= 0.6 is 0 Å². The Morgan fingerprint density at radius 1 is 1.69 bits per heavy atom. The van der Waals surface area contributed by atoms with Gasteiger partial charge in [-0.1, -0.05) is 13.5 Å². The van der Waals surface area contributed by atoms with Crippen LogP contribution in [0.4, 0.5) is 0 Å². The van der Waals surface area contributed by atoms with Gasteiger partial charge in [0, 0.05) is 12.0 Å². The Kier molecular flexibility index (Phi) is 4.64. The first-order valence-corrected chi connectivity index (χ1v) is 5.20. The molecule has 0 bridgehead atoms. The molecule has 6 heteroatoms. The minimum absolute atomic E-state index is 0.0509. The Morgan fingerprint density at radius 2 is 2.23 bits per heavy atom. The number of carbonyl (C=O) groups excluding carboxylic acids is 1. The van der Waals surface area contributed by atoms with Crippen LogP contribution in [0.15, 0.2) is 12.7 Å². The summed E-state index contributed by atoms with van der Waals surface area (Å²) in [5.41, 5.74) is 0. The molecule has 0 spiro atoms. The summed E-state index contributed by atoms with van der Waals surface area (Å²) in [6.07, 6.45) is 0.986. The second-order valence-electron chi connectivity index (χ2n) is 2.69. The van der Waals surface area contributed by atoms with E-state index in [2.05, 4.69) is 11.3 Å². The molecule has 0 radical (unpaired) electrons. The van der Waals surface area contributed by atoms with Gasteiger partial charge in [-0.3, -0.25) is 4.55 Å². The minimum Gasteiger partial charge on any atom is -0.462 e. The van der Waals surface area contributed by atoms with Crippen molar-refractivity contribution < 1.29 is 22.5 Å². The van der Waals surface area contributed by atoms with Gasteiger partial charge in [-0.15, -0.1) is 0 Å². The molecule has 0 saturated carbocycles. The summed E-state index contributed by atoms with van der Waals surface area (Å²) in [6, 6.07) is 0. The lowest BCUT2D eigenvalue weighted by Gasteiger charge is -2.08. The molecule has 5 nitrogen and oxygen atoms in total. The molecule has 0 aromatic rings. The van der Waals surface area contributed by atoms with Crippen molar-refractivity contribution in [3.05, 3.63) is 12.7 Å². The van der Waals surface area contributed by atoms with Crippen molar-refractivity contribution in [2.45, 2.75) is 6.92 Å². The first kappa shape index (κ1) is 12.1. The van der Waals surface area contributed by atoms with Crippen molar-refractivity contribution in [1.82, 2.24) is 0 Å². The predicted octanol–water partition coefficient (Wildman–Crippen LogP) is 0.240. The van der Waals surface area contributed by atoms with E-state index in [-0.39, 0.29) is 6.61 Å². The number of carbonyl (C=O) groups is 1. The molecule has 1 unspecified atom stereocenters. The van der Waals surface area contributed by atoms with Crippen molar-refractivity contribution in [2.75, 3.05) is 12.4 Å². The summed E-state index contributed by atoms with van der Waals surface area (Å²) < 4.78 is 33.7. The quantitative estimate of drug-likeness (QED) is 0.397. The standard InChI is InChI=1S/C7H12O5S/c1-3-7(8)12-4-6(2)5-13(9,10)11/h3,6H,1,4-5H2,2H3,(H,9,10,11). The van der Waals surface area contributed by atoms with Gasteiger partial charge >= 0.3 is 5.97 Å². The van der Waals surface area contributed by atoms with Crippen LogP contribution in [0.1, 0.15) is 6.92 Å². The molecule has 0 aliphatic heterocycles. The van der Waals surface area contributed by atoms with Gasteiger partial charge < -0.3 is 4.74 Å². The van der Waals surface area contributed by atoms with Gasteiger partial charge in [0.25, 0.3) is 10.1 Å². The number of hydrogen-bond donors (Lipinski definition) is 1. The normalized spacial score (nSPS) is 13.4. The molecule has 0 aliphatic carbocycles. The maximum atomic E-state index is 10.5. The fourth-order valence-electron chi connectivity index (χ4n) is 0.691. The Hall–Kier alpha value is -0.880. The third kappa shape index (κ3) is 7.48. The highest BCUT2D eigenvalue weighted by atomic mass is 32.2. The van der Waals surface area contributed by atoms with E-state index in [9.17, 15) is 13.2 Å². The Bertz CT molecular complexity index is 279. The SMILES string of the molecule is C=CC(=O)OCC(C)CS(=O)(=O)O. The van der Waals surface area contributed by atoms with Crippen LogP contribution < -0.4 is 0 Å². The predicted molar refractivity (Wildman–Crippen MR) is 46.7 cm³/mol. The number of rotatable bonds is 5. The fraction of sp³-hybridized carbons (Fsp3) is 0.571. The lowest BCUT2D eigenvalue weighted by Crippen LogP contribution is -2.18. The van der Waals surface area contributed by atoms with Crippen molar-refractivity contribution >= 4 is 16.1 Å². The monoisotopic (exact) mass is 208 g/mol. The van der Waals surface area contributed by atoms with Crippen LogP contribution in [0.25, 0.3) is 0 Å². The maximum absolute atomic E-state index is 10.5. The number of esters is 1. The lowest BCUT2D eigenvalue weighted by atomic mass is 10.2. The zero-order valence-corrected chi connectivity index (χ0v) is 8.08. The summed E-state index contributed by atoms with van der Waals surface area (Å²) in [5, 5.41) is 0. The molecule has 0 aliphatic rings. The van der Waals surface area contributed by atoms with E-state index >= 15 is 0 Å². The van der Waals surface area contributed by atoms with Crippen LogP contribution in [0.3, 0.4) is 0 Å². The molecule has 0 amide bonds. The molecule has 1 N–H and O–H groups in total. The Balaban J connectivity index is 3.83. The van der Waals surface area contributed by atoms with Gasteiger partial charge in [-0.05, 0) is 0 Å². The minimum atomic E-state index is -4.00. The number of ether oxygens (including phenoxy) is 1. The highest BCUT2D eigenvalue weighted by molar-refractivity contribution is 7.85. The molecular weight excluding hydrogens is 196 g/mol. The molecule has 0 heterocycles. The molecule has 0 saturated heterocycles. The molecule has 0 aromatic carbocycles. The van der Waals surface area contributed by atoms with E-state index in [0.29, 0.717) is 0 Å². The van der Waals surface area contributed by atoms with Gasteiger partial charge in [0.1, 0.15) is 0 Å². The van der Waals surface area contributed by atoms with E-state index < -0.39 is 27.8 Å². The molecule has 1 atom stereocenters. The summed E-state index contributed by atoms with van der Waals surface area (Å²) in [4.78, 5) is 10.5. The van der Waals surface area contributed by atoms with Gasteiger partial charge in [0.05, 0.1) is 12.4 Å². The van der Waals surface area contributed by atoms with Crippen molar-refractivity contribution in [2.24, 2.45) is 5.92 Å². The summed E-state index contributed by atoms with van der Waals surface area (Å²) >= 11 is 0. The summed E-state index contributed by atoms with van der Waals surface area (Å²) in [5.74, 6) is -1.46. The second kappa shape index (κ2) is 4.98. The van der Waals surface area contributed by atoms with Crippen LogP contribution in [-0.4, -0.2) is 31.3 Å². The van der Waals surface area contributed by atoms with Gasteiger partial charge in [0.2, 0.25) is 0 Å². The largest absolute Gasteiger partial charge is 0.462 e. The third-order valence-corrected chi connectivity index (χ3v) is 2.16. The zero-order valence-electron chi connectivity index (χ0n) is 7.26. The van der Waals surface area contributed by atoms with Crippen molar-refractivity contribution in [3.63, 3.8) is 0 Å². The third-order valence-electron chi connectivity index (χ3n) is 1.17. The molecule has 13 heavy (non-hydrogen) atoms. The second-order valence-corrected chi connectivity index (χ2v) is 4.19. The van der Waals surface area contributed by atoms with E-state index in [4.69, 9.17) is 4.55 Å². The van der Waals surface area contributed by atoms with Gasteiger partial charge in [0.15, 0.2) is 0 Å². The average Bonchev–Trinajstić information content (AvgIpc) is 1.97. The highest BCUT2D eigenvalue weighted by Gasteiger charge is 2.13. The molecule has 0 rings (SSSR count). The van der Waals surface area contributed by atoms with E-state index in [0.717, 1.165) is 6.08 Å². The highest BCUT2D eigenvalue weighted by Crippen LogP contribution is 2.00. The maximum Gasteiger partial charge on any atom is 0.330 e. The molecule has 0 aromatic heterocycles. The smallest absolute Gasteiger partial charge is 0.330 e. The topological polar surface area (TPSA) is 80.7 Å². The van der Waals surface area contributed by atoms with Crippen LogP contribution in [-0.2, 0) is 19.6 Å². The molecule has 76 valence electrons. The van der Waals surface area contributed by atoms with E-state index in [1.54, 1.807) is 6.92 Å². The summed E-state index contributed by atoms with van der Waals surface area (Å²) in [7, 11) is -4.00. The fourth-order valence-corrected chi connectivity index (χ4v) is 1.51. The summed E-state index contributed by atoms with van der Waals surface area (Å²) in [6.45, 7) is 4.67. The van der Waals surface area contributed by atoms with E-state index in [1.165, 1.54) is 0 Å². The van der Waals surface area contributed by atoms with Crippen LogP contribution in [0, 0.1) is 5.92 Å². The first-order chi connectivity index (χ1) is 5.85. The molecular formula is C7H12O5S. The lowest BCUT2D eigenvalue weighted by molar-refractivity contribution is -0.138. The van der Waals surface area contributed by atoms with Crippen molar-refractivity contribution in [1.29, 1.82) is 0 Å². The average molecular weight is 208 g/mol. The van der Waals surface area contributed by atoms with Crippen LogP contribution in [0.2, 0.25) is 0 Å². The molecule has 0 fully saturated rings. The van der Waals surface area contributed by atoms with Crippen molar-refractivity contribution in [3.8, 4) is 0 Å². The van der Waals surface area contributed by atoms with Crippen LogP contribution in [0.5, 0.6) is 0 Å². The zero-order chi connectivity index (χ0) is 10.5. The first-order valence-electron chi connectivity index (χ1n) is 3.59. The van der Waals surface area contributed by atoms with Gasteiger partial charge in [-0.2, -0.15) is 8.42 Å². The Labute approximate surface area is 77.1 Å². The van der Waals surface area contributed by atoms with E-state index in [1.807, 2.05) is 0 Å². The Morgan fingerprint density at radius 3 is 2.62 bits per heavy atom.